The van der Waals surface area contributed by atoms with Crippen LogP contribution in [-0.2, 0) is 4.74 Å². The van der Waals surface area contributed by atoms with Gasteiger partial charge >= 0.3 is 5.97 Å². The highest BCUT2D eigenvalue weighted by Gasteiger charge is 2.14. The van der Waals surface area contributed by atoms with Gasteiger partial charge in [0.25, 0.3) is 0 Å². The minimum Gasteiger partial charge on any atom is -0.489 e. The number of ether oxygens (including phenoxy) is 2. The van der Waals surface area contributed by atoms with Crippen molar-refractivity contribution >= 4 is 49.9 Å². The maximum Gasteiger partial charge on any atom is 0.348 e. The van der Waals surface area contributed by atoms with Gasteiger partial charge in [-0.3, -0.25) is 4.98 Å². The number of hydrogen-bond donors (Lipinski definition) is 0. The van der Waals surface area contributed by atoms with Crippen molar-refractivity contribution in [2.75, 3.05) is 13.2 Å². The first-order valence-corrected chi connectivity index (χ1v) is 9.09. The first kappa shape index (κ1) is 16.8. The Hall–Kier alpha value is -2.70. The summed E-state index contributed by atoms with van der Waals surface area (Å²) in [7, 11) is 0. The molecule has 0 aliphatic carbocycles. The van der Waals surface area contributed by atoms with E-state index in [1.165, 1.54) is 11.3 Å². The van der Waals surface area contributed by atoms with Crippen LogP contribution in [0.4, 0.5) is 0 Å². The average molecular weight is 385 g/mol. The molecule has 0 atom stereocenters. The third-order valence-corrected chi connectivity index (χ3v) is 5.31. The molecule has 4 aromatic rings. The van der Waals surface area contributed by atoms with E-state index >= 15 is 0 Å². The van der Waals surface area contributed by atoms with Crippen LogP contribution in [-0.4, -0.2) is 29.2 Å². The van der Waals surface area contributed by atoms with Crippen LogP contribution in [0, 0.1) is 0 Å². The standard InChI is InChI=1S/C19H13ClN2O3S/c20-18-17-12(5-7-22-18)11-16(26-17)19(23)25-10-9-24-15-6-8-21-14-4-2-1-3-13(14)15/h1-8,11H,9-10H2. The van der Waals surface area contributed by atoms with Crippen LogP contribution in [0.3, 0.4) is 0 Å². The number of para-hydroxylation sites is 1. The smallest absolute Gasteiger partial charge is 0.348 e. The molecule has 0 aliphatic rings. The lowest BCUT2D eigenvalue weighted by molar-refractivity contribution is 0.0457. The van der Waals surface area contributed by atoms with E-state index in [1.807, 2.05) is 30.3 Å². The number of rotatable bonds is 5. The van der Waals surface area contributed by atoms with Crippen molar-refractivity contribution in [1.29, 1.82) is 0 Å². The van der Waals surface area contributed by atoms with Crippen LogP contribution in [0.2, 0.25) is 5.15 Å². The fourth-order valence-corrected chi connectivity index (χ4v) is 3.80. The van der Waals surface area contributed by atoms with Gasteiger partial charge in [-0.1, -0.05) is 23.7 Å². The normalized spacial score (nSPS) is 11.0. The van der Waals surface area contributed by atoms with Gasteiger partial charge in [0.05, 0.1) is 10.2 Å². The van der Waals surface area contributed by atoms with Crippen LogP contribution in [0.5, 0.6) is 5.75 Å². The van der Waals surface area contributed by atoms with Gasteiger partial charge in [-0.15, -0.1) is 11.3 Å². The third-order valence-electron chi connectivity index (χ3n) is 3.77. The summed E-state index contributed by atoms with van der Waals surface area (Å²) in [6.07, 6.45) is 3.30. The summed E-state index contributed by atoms with van der Waals surface area (Å²) in [4.78, 5) is 21.0. The summed E-state index contributed by atoms with van der Waals surface area (Å²) in [6.45, 7) is 0.405. The zero-order valence-corrected chi connectivity index (χ0v) is 15.1. The lowest BCUT2D eigenvalue weighted by atomic mass is 10.2. The molecular formula is C19H13ClN2O3S. The fraction of sp³-hybridized carbons (Fsp3) is 0.105. The number of nitrogens with zero attached hydrogens (tertiary/aromatic N) is 2. The molecule has 26 heavy (non-hydrogen) atoms. The predicted octanol–water partition coefficient (Wildman–Crippen LogP) is 4.73. The van der Waals surface area contributed by atoms with Gasteiger partial charge in [0.2, 0.25) is 0 Å². The number of benzene rings is 1. The number of carbonyl (C=O) groups excluding carboxylic acids is 1. The highest BCUT2D eigenvalue weighted by molar-refractivity contribution is 7.21. The summed E-state index contributed by atoms with van der Waals surface area (Å²) in [6, 6.07) is 13.1. The minimum absolute atomic E-state index is 0.149. The quantitative estimate of drug-likeness (QED) is 0.282. The van der Waals surface area contributed by atoms with E-state index in [0.717, 1.165) is 21.0 Å². The molecule has 4 rings (SSSR count). The van der Waals surface area contributed by atoms with Crippen molar-refractivity contribution in [2.24, 2.45) is 0 Å². The second kappa shape index (κ2) is 7.27. The van der Waals surface area contributed by atoms with Crippen molar-refractivity contribution in [2.45, 2.75) is 0 Å². The molecule has 0 amide bonds. The number of halogens is 1. The molecule has 0 saturated carbocycles. The van der Waals surface area contributed by atoms with Crippen LogP contribution in [0.1, 0.15) is 9.67 Å². The van der Waals surface area contributed by atoms with E-state index in [-0.39, 0.29) is 13.2 Å². The highest BCUT2D eigenvalue weighted by atomic mass is 35.5. The first-order chi connectivity index (χ1) is 12.7. The Bertz CT molecular complexity index is 1090. The molecular weight excluding hydrogens is 372 g/mol. The number of carbonyl (C=O) groups is 1. The molecule has 0 fully saturated rings. The van der Waals surface area contributed by atoms with E-state index in [4.69, 9.17) is 21.1 Å². The van der Waals surface area contributed by atoms with Crippen LogP contribution in [0.15, 0.2) is 54.9 Å². The SMILES string of the molecule is O=C(OCCOc1ccnc2ccccc12)c1cc2ccnc(Cl)c2s1. The summed E-state index contributed by atoms with van der Waals surface area (Å²) in [5, 5.41) is 2.19. The summed E-state index contributed by atoms with van der Waals surface area (Å²) in [5.41, 5.74) is 0.859. The monoisotopic (exact) mass is 384 g/mol. The van der Waals surface area contributed by atoms with Gasteiger partial charge in [0, 0.05) is 17.8 Å². The van der Waals surface area contributed by atoms with Gasteiger partial charge in [-0.2, -0.15) is 0 Å². The zero-order valence-electron chi connectivity index (χ0n) is 13.5. The maximum absolute atomic E-state index is 12.2. The molecule has 0 N–H and O–H groups in total. The van der Waals surface area contributed by atoms with E-state index in [2.05, 4.69) is 9.97 Å². The fourth-order valence-electron chi connectivity index (χ4n) is 2.58. The minimum atomic E-state index is -0.398. The third kappa shape index (κ3) is 3.34. The Kier molecular flexibility index (Phi) is 4.69. The van der Waals surface area contributed by atoms with Gasteiger partial charge in [0.1, 0.15) is 29.0 Å². The Balaban J connectivity index is 1.38. The number of thiophene rings is 1. The molecule has 5 nitrogen and oxygen atoms in total. The first-order valence-electron chi connectivity index (χ1n) is 7.90. The number of pyridine rings is 2. The van der Waals surface area contributed by atoms with E-state index in [9.17, 15) is 4.79 Å². The van der Waals surface area contributed by atoms with Crippen LogP contribution >= 0.6 is 22.9 Å². The molecule has 3 heterocycles. The van der Waals surface area contributed by atoms with Crippen molar-refractivity contribution in [3.63, 3.8) is 0 Å². The molecule has 0 spiro atoms. The second-order valence-electron chi connectivity index (χ2n) is 5.44. The molecule has 0 bridgehead atoms. The van der Waals surface area contributed by atoms with E-state index in [1.54, 1.807) is 24.5 Å². The number of fused-ring (bicyclic) bond motifs is 2. The van der Waals surface area contributed by atoms with Gasteiger partial charge in [-0.05, 0) is 35.7 Å². The Morgan fingerprint density at radius 2 is 1.92 bits per heavy atom. The molecule has 0 saturated heterocycles. The molecule has 0 aliphatic heterocycles. The number of aromatic nitrogens is 2. The Labute approximate surface area is 158 Å². The average Bonchev–Trinajstić information content (AvgIpc) is 3.11. The summed E-state index contributed by atoms with van der Waals surface area (Å²) < 4.78 is 11.8. The second-order valence-corrected chi connectivity index (χ2v) is 6.85. The number of esters is 1. The van der Waals surface area contributed by atoms with Crippen molar-refractivity contribution in [1.82, 2.24) is 9.97 Å². The molecule has 130 valence electrons. The van der Waals surface area contributed by atoms with Gasteiger partial charge in [-0.25, -0.2) is 9.78 Å². The Morgan fingerprint density at radius 3 is 2.81 bits per heavy atom. The molecule has 3 aromatic heterocycles. The molecule has 0 unspecified atom stereocenters. The largest absolute Gasteiger partial charge is 0.489 e. The zero-order chi connectivity index (χ0) is 17.9. The lowest BCUT2D eigenvalue weighted by Crippen LogP contribution is -2.11. The predicted molar refractivity (Wildman–Crippen MR) is 102 cm³/mol. The number of hydrogen-bond acceptors (Lipinski definition) is 6. The summed E-state index contributed by atoms with van der Waals surface area (Å²) >= 11 is 7.31. The van der Waals surface area contributed by atoms with Gasteiger partial charge in [0.15, 0.2) is 0 Å². The maximum atomic E-state index is 12.2. The highest BCUT2D eigenvalue weighted by Crippen LogP contribution is 2.30. The van der Waals surface area contributed by atoms with Crippen LogP contribution < -0.4 is 4.74 Å². The van der Waals surface area contributed by atoms with Crippen molar-refractivity contribution < 1.29 is 14.3 Å². The van der Waals surface area contributed by atoms with Gasteiger partial charge < -0.3 is 9.47 Å². The molecule has 0 radical (unpaired) electrons. The lowest BCUT2D eigenvalue weighted by Gasteiger charge is -2.09. The van der Waals surface area contributed by atoms with E-state index in [0.29, 0.717) is 15.8 Å². The Morgan fingerprint density at radius 1 is 1.08 bits per heavy atom. The molecule has 1 aromatic carbocycles. The topological polar surface area (TPSA) is 61.3 Å². The van der Waals surface area contributed by atoms with Crippen LogP contribution in [0.25, 0.3) is 21.0 Å². The molecule has 7 heteroatoms. The summed E-state index contributed by atoms with van der Waals surface area (Å²) in [5.74, 6) is 0.317. The van der Waals surface area contributed by atoms with E-state index < -0.39 is 5.97 Å². The van der Waals surface area contributed by atoms with Crippen molar-refractivity contribution in [3.05, 3.63) is 64.9 Å². The van der Waals surface area contributed by atoms with Crippen molar-refractivity contribution in [3.8, 4) is 5.75 Å².